The number of rotatable bonds is 9. The van der Waals surface area contributed by atoms with Crippen molar-refractivity contribution in [3.63, 3.8) is 0 Å². The number of primary amides is 1. The molecule has 0 fully saturated rings. The highest BCUT2D eigenvalue weighted by atomic mass is 16.5. The molecule has 90 valence electrons. The lowest BCUT2D eigenvalue weighted by Crippen LogP contribution is -2.43. The third kappa shape index (κ3) is 7.26. The van der Waals surface area contributed by atoms with Gasteiger partial charge in [-0.2, -0.15) is 0 Å². The molecule has 0 heterocycles. The lowest BCUT2D eigenvalue weighted by atomic mass is 10.1. The van der Waals surface area contributed by atoms with Gasteiger partial charge in [0.1, 0.15) is 0 Å². The van der Waals surface area contributed by atoms with Crippen LogP contribution in [0.2, 0.25) is 0 Å². The number of hydrogen-bond donors (Lipinski definition) is 5. The van der Waals surface area contributed by atoms with Crippen molar-refractivity contribution >= 4 is 5.91 Å². The van der Waals surface area contributed by atoms with Gasteiger partial charge in [0.05, 0.1) is 0 Å². The highest BCUT2D eigenvalue weighted by molar-refractivity contribution is 5.81. The lowest BCUT2D eigenvalue weighted by Gasteiger charge is -2.16. The summed E-state index contributed by atoms with van der Waals surface area (Å²) in [6.07, 6.45) is 2.19. The Morgan fingerprint density at radius 3 is 2.33 bits per heavy atom. The number of amides is 1. The average molecular weight is 219 g/mol. The van der Waals surface area contributed by atoms with Crippen molar-refractivity contribution in [2.24, 2.45) is 11.5 Å². The Bertz CT molecular complexity index is 185. The largest absolute Gasteiger partial charge is 0.365 e. The fourth-order valence-corrected chi connectivity index (χ4v) is 1.10. The van der Waals surface area contributed by atoms with E-state index in [-0.39, 0.29) is 6.42 Å². The van der Waals surface area contributed by atoms with Crippen molar-refractivity contribution in [3.05, 3.63) is 0 Å². The predicted octanol–water partition coefficient (Wildman–Crippen LogP) is -1.74. The van der Waals surface area contributed by atoms with E-state index in [1.807, 2.05) is 0 Å². The van der Waals surface area contributed by atoms with Gasteiger partial charge in [-0.15, -0.1) is 0 Å². The van der Waals surface area contributed by atoms with Crippen LogP contribution in [0.25, 0.3) is 0 Å². The zero-order chi connectivity index (χ0) is 11.7. The van der Waals surface area contributed by atoms with E-state index in [0.717, 1.165) is 25.9 Å². The van der Waals surface area contributed by atoms with E-state index < -0.39 is 11.7 Å². The molecule has 0 unspecified atom stereocenters. The molecule has 0 bridgehead atoms. The number of hydrogen-bond acceptors (Lipinski definition) is 5. The minimum Gasteiger partial charge on any atom is -0.365 e. The molecule has 0 aromatic carbocycles. The molecular formula is C9H21N3O3. The van der Waals surface area contributed by atoms with Crippen LogP contribution >= 0.6 is 0 Å². The molecule has 0 saturated carbocycles. The summed E-state index contributed by atoms with van der Waals surface area (Å²) in [5.74, 6) is -3.46. The maximum Gasteiger partial charge on any atom is 0.277 e. The van der Waals surface area contributed by atoms with Gasteiger partial charge in [-0.1, -0.05) is 0 Å². The molecule has 0 saturated heterocycles. The summed E-state index contributed by atoms with van der Waals surface area (Å²) in [6.45, 7) is 2.29. The van der Waals surface area contributed by atoms with Crippen molar-refractivity contribution < 1.29 is 15.0 Å². The van der Waals surface area contributed by atoms with Crippen LogP contribution in [0, 0.1) is 0 Å². The highest BCUT2D eigenvalue weighted by Crippen LogP contribution is 2.09. The van der Waals surface area contributed by atoms with E-state index in [9.17, 15) is 4.79 Å². The van der Waals surface area contributed by atoms with Gasteiger partial charge in [0, 0.05) is 6.42 Å². The number of carbonyl (C=O) groups excluding carboxylic acids is 1. The summed E-state index contributed by atoms with van der Waals surface area (Å²) >= 11 is 0. The average Bonchev–Trinajstić information content (AvgIpc) is 2.16. The second kappa shape index (κ2) is 7.58. The summed E-state index contributed by atoms with van der Waals surface area (Å²) < 4.78 is 0. The van der Waals surface area contributed by atoms with Crippen LogP contribution in [0.15, 0.2) is 0 Å². The van der Waals surface area contributed by atoms with Crippen LogP contribution < -0.4 is 16.8 Å². The Morgan fingerprint density at radius 1 is 1.20 bits per heavy atom. The molecule has 0 aromatic rings. The molecular weight excluding hydrogens is 198 g/mol. The Labute approximate surface area is 89.6 Å². The molecule has 0 spiro atoms. The first kappa shape index (κ1) is 14.3. The zero-order valence-electron chi connectivity index (χ0n) is 8.91. The van der Waals surface area contributed by atoms with Gasteiger partial charge < -0.3 is 27.0 Å². The summed E-state index contributed by atoms with van der Waals surface area (Å²) in [4.78, 5) is 10.5. The molecule has 0 aliphatic heterocycles. The van der Waals surface area contributed by atoms with E-state index >= 15 is 0 Å². The Morgan fingerprint density at radius 2 is 1.80 bits per heavy atom. The fourth-order valence-electron chi connectivity index (χ4n) is 1.10. The SMILES string of the molecule is NCCCNCCCCC(O)(O)C(N)=O. The van der Waals surface area contributed by atoms with Gasteiger partial charge in [-0.05, 0) is 38.9 Å². The van der Waals surface area contributed by atoms with Crippen LogP contribution in [0.4, 0.5) is 0 Å². The molecule has 0 atom stereocenters. The van der Waals surface area contributed by atoms with Crippen LogP contribution in [0.3, 0.4) is 0 Å². The molecule has 15 heavy (non-hydrogen) atoms. The number of nitrogens with one attached hydrogen (secondary N) is 1. The maximum absolute atomic E-state index is 10.5. The van der Waals surface area contributed by atoms with E-state index in [2.05, 4.69) is 5.32 Å². The third-order valence-corrected chi connectivity index (χ3v) is 2.08. The van der Waals surface area contributed by atoms with Gasteiger partial charge in [0.25, 0.3) is 5.91 Å². The molecule has 0 rings (SSSR count). The lowest BCUT2D eigenvalue weighted by molar-refractivity contribution is -0.184. The van der Waals surface area contributed by atoms with Gasteiger partial charge >= 0.3 is 0 Å². The fraction of sp³-hybridized carbons (Fsp3) is 0.889. The maximum atomic E-state index is 10.5. The Balaban J connectivity index is 3.35. The normalized spacial score (nSPS) is 11.7. The molecule has 1 amide bonds. The summed E-state index contributed by atoms with van der Waals surface area (Å²) in [6, 6.07) is 0. The molecule has 7 N–H and O–H groups in total. The number of carbonyl (C=O) groups is 1. The smallest absolute Gasteiger partial charge is 0.277 e. The second-order valence-corrected chi connectivity index (χ2v) is 3.53. The minimum absolute atomic E-state index is 0.0269. The van der Waals surface area contributed by atoms with E-state index in [0.29, 0.717) is 13.0 Å². The second-order valence-electron chi connectivity index (χ2n) is 3.53. The first-order valence-corrected chi connectivity index (χ1v) is 5.16. The summed E-state index contributed by atoms with van der Waals surface area (Å²) in [7, 11) is 0. The highest BCUT2D eigenvalue weighted by Gasteiger charge is 2.29. The molecule has 0 aliphatic carbocycles. The Hall–Kier alpha value is -0.690. The Kier molecular flexibility index (Phi) is 7.23. The van der Waals surface area contributed by atoms with Crippen molar-refractivity contribution in [1.82, 2.24) is 5.32 Å². The number of nitrogens with two attached hydrogens (primary N) is 2. The van der Waals surface area contributed by atoms with Crippen molar-refractivity contribution in [1.29, 1.82) is 0 Å². The molecule has 6 heteroatoms. The topological polar surface area (TPSA) is 122 Å². The van der Waals surface area contributed by atoms with Gasteiger partial charge in [-0.25, -0.2) is 0 Å². The number of unbranched alkanes of at least 4 members (excludes halogenated alkanes) is 1. The van der Waals surface area contributed by atoms with Crippen LogP contribution in [-0.4, -0.2) is 41.5 Å². The van der Waals surface area contributed by atoms with Crippen molar-refractivity contribution in [2.75, 3.05) is 19.6 Å². The minimum atomic E-state index is -2.36. The first-order chi connectivity index (χ1) is 7.00. The quantitative estimate of drug-likeness (QED) is 0.233. The van der Waals surface area contributed by atoms with Crippen LogP contribution in [0.1, 0.15) is 25.7 Å². The van der Waals surface area contributed by atoms with Gasteiger partial charge in [-0.3, -0.25) is 4.79 Å². The number of aliphatic hydroxyl groups is 2. The van der Waals surface area contributed by atoms with E-state index in [1.54, 1.807) is 0 Å². The third-order valence-electron chi connectivity index (χ3n) is 2.08. The van der Waals surface area contributed by atoms with Crippen LogP contribution in [0.5, 0.6) is 0 Å². The molecule has 0 aliphatic rings. The van der Waals surface area contributed by atoms with Crippen molar-refractivity contribution in [3.8, 4) is 0 Å². The molecule has 6 nitrogen and oxygen atoms in total. The monoisotopic (exact) mass is 219 g/mol. The zero-order valence-corrected chi connectivity index (χ0v) is 8.91. The van der Waals surface area contributed by atoms with Crippen LogP contribution in [-0.2, 0) is 4.79 Å². The molecule has 0 aromatic heterocycles. The molecule has 0 radical (unpaired) electrons. The van der Waals surface area contributed by atoms with Crippen molar-refractivity contribution in [2.45, 2.75) is 31.5 Å². The van der Waals surface area contributed by atoms with Gasteiger partial charge in [0.2, 0.25) is 5.79 Å². The van der Waals surface area contributed by atoms with Gasteiger partial charge in [0.15, 0.2) is 0 Å². The summed E-state index contributed by atoms with van der Waals surface area (Å²) in [5, 5.41) is 21.3. The first-order valence-electron chi connectivity index (χ1n) is 5.16. The van der Waals surface area contributed by atoms with E-state index in [1.165, 1.54) is 0 Å². The standard InChI is InChI=1S/C9H21N3O3/c10-5-3-7-12-6-2-1-4-9(14,15)8(11)13/h12,14-15H,1-7,10H2,(H2,11,13). The van der Waals surface area contributed by atoms with E-state index in [4.69, 9.17) is 21.7 Å². The summed E-state index contributed by atoms with van der Waals surface area (Å²) in [5.41, 5.74) is 10.1. The predicted molar refractivity (Wildman–Crippen MR) is 56.8 cm³/mol.